The molecule has 0 amide bonds. The summed E-state index contributed by atoms with van der Waals surface area (Å²) >= 11 is 0. The zero-order valence-electron chi connectivity index (χ0n) is 7.59. The molecule has 1 nitrogen and oxygen atoms in total. The van der Waals surface area contributed by atoms with Crippen LogP contribution in [0.2, 0.25) is 0 Å². The van der Waals surface area contributed by atoms with Crippen LogP contribution in [0.3, 0.4) is 0 Å². The van der Waals surface area contributed by atoms with E-state index in [2.05, 4.69) is 39.5 Å². The van der Waals surface area contributed by atoms with E-state index in [-0.39, 0.29) is 35.6 Å². The van der Waals surface area contributed by atoms with Gasteiger partial charge in [-0.3, -0.25) is 4.90 Å². The van der Waals surface area contributed by atoms with Crippen LogP contribution < -0.4 is 0 Å². The summed E-state index contributed by atoms with van der Waals surface area (Å²) in [5.41, 5.74) is 0. The van der Waals surface area contributed by atoms with Gasteiger partial charge in [0.05, 0.1) is 0 Å². The van der Waals surface area contributed by atoms with Gasteiger partial charge >= 0.3 is 0 Å². The van der Waals surface area contributed by atoms with Crippen LogP contribution in [0.15, 0.2) is 0 Å². The van der Waals surface area contributed by atoms with E-state index in [9.17, 15) is 0 Å². The molecule has 2 radical (unpaired) electrons. The fourth-order valence-electron chi connectivity index (χ4n) is 1.11. The van der Waals surface area contributed by atoms with Crippen molar-refractivity contribution in [1.82, 2.24) is 4.90 Å². The molecule has 0 rings (SSSR count). The van der Waals surface area contributed by atoms with Crippen molar-refractivity contribution in [2.45, 2.75) is 39.8 Å². The molecule has 0 aromatic carbocycles. The van der Waals surface area contributed by atoms with Crippen LogP contribution in [0.5, 0.6) is 0 Å². The Labute approximate surface area is 93.2 Å². The maximum absolute atomic E-state index is 3.85. The van der Waals surface area contributed by atoms with Crippen LogP contribution in [0.25, 0.3) is 0 Å². The maximum Gasteiger partial charge on any atom is 0.00412 e. The van der Waals surface area contributed by atoms with E-state index < -0.39 is 0 Å². The first kappa shape index (κ1) is 13.7. The standard InChI is InChI=1S/C8H18N.La/c1-6-9(7(2)3)8(4)5;/h7-8H,1,6H2,2-5H3;. The first-order valence-corrected chi connectivity index (χ1v) is 3.64. The SMILES string of the molecule is [CH2]CN(C(C)C)C(C)C.[La]. The van der Waals surface area contributed by atoms with Crippen LogP contribution in [0, 0.1) is 42.5 Å². The van der Waals surface area contributed by atoms with Crippen LogP contribution in [0.1, 0.15) is 27.7 Å². The minimum absolute atomic E-state index is 0. The van der Waals surface area contributed by atoms with Gasteiger partial charge in [-0.2, -0.15) is 0 Å². The first-order chi connectivity index (χ1) is 4.09. The summed E-state index contributed by atoms with van der Waals surface area (Å²) in [7, 11) is 0. The van der Waals surface area contributed by atoms with Gasteiger partial charge in [0, 0.05) is 47.7 Å². The fourth-order valence-corrected chi connectivity index (χ4v) is 1.11. The Morgan fingerprint density at radius 1 is 1.10 bits per heavy atom. The Balaban J connectivity index is 0. The Morgan fingerprint density at radius 2 is 1.40 bits per heavy atom. The van der Waals surface area contributed by atoms with Gasteiger partial charge in [-0.1, -0.05) is 0 Å². The van der Waals surface area contributed by atoms with Crippen molar-refractivity contribution in [3.8, 4) is 0 Å². The van der Waals surface area contributed by atoms with Crippen LogP contribution in [-0.4, -0.2) is 23.5 Å². The van der Waals surface area contributed by atoms with Gasteiger partial charge in [0.15, 0.2) is 0 Å². The number of hydrogen-bond acceptors (Lipinski definition) is 1. The van der Waals surface area contributed by atoms with E-state index in [1.807, 2.05) is 0 Å². The minimum atomic E-state index is 0. The fraction of sp³-hybridized carbons (Fsp3) is 0.875. The Bertz CT molecular complexity index is 63.7. The second kappa shape index (κ2) is 6.84. The zero-order chi connectivity index (χ0) is 7.44. The van der Waals surface area contributed by atoms with E-state index in [0.29, 0.717) is 12.1 Å². The summed E-state index contributed by atoms with van der Waals surface area (Å²) in [6.45, 7) is 13.6. The molecule has 0 N–H and O–H groups in total. The van der Waals surface area contributed by atoms with E-state index >= 15 is 0 Å². The van der Waals surface area contributed by atoms with E-state index in [1.54, 1.807) is 0 Å². The average molecular weight is 267 g/mol. The van der Waals surface area contributed by atoms with Crippen molar-refractivity contribution in [2.24, 2.45) is 0 Å². The van der Waals surface area contributed by atoms with Crippen molar-refractivity contribution < 1.29 is 35.6 Å². The molecule has 0 aromatic heterocycles. The van der Waals surface area contributed by atoms with Crippen molar-refractivity contribution in [1.29, 1.82) is 0 Å². The Morgan fingerprint density at radius 3 is 1.40 bits per heavy atom. The molecule has 0 saturated carbocycles. The van der Waals surface area contributed by atoms with E-state index in [0.717, 1.165) is 6.54 Å². The average Bonchev–Trinajstić information content (AvgIpc) is 1.64. The van der Waals surface area contributed by atoms with Gasteiger partial charge in [0.1, 0.15) is 0 Å². The molecular weight excluding hydrogens is 249 g/mol. The first-order valence-electron chi connectivity index (χ1n) is 3.64. The van der Waals surface area contributed by atoms with Gasteiger partial charge in [-0.15, -0.1) is 0 Å². The molecule has 0 aliphatic carbocycles. The van der Waals surface area contributed by atoms with Crippen LogP contribution in [-0.2, 0) is 0 Å². The summed E-state index contributed by atoms with van der Waals surface area (Å²) < 4.78 is 0. The molecule has 0 aromatic rings. The molecule has 0 saturated heterocycles. The molecule has 10 heavy (non-hydrogen) atoms. The van der Waals surface area contributed by atoms with Crippen LogP contribution >= 0.6 is 0 Å². The molecule has 0 unspecified atom stereocenters. The van der Waals surface area contributed by atoms with E-state index in [1.165, 1.54) is 0 Å². The number of rotatable bonds is 3. The summed E-state index contributed by atoms with van der Waals surface area (Å²) in [5, 5.41) is 0. The Hall–Kier alpha value is 1.15. The van der Waals surface area contributed by atoms with Gasteiger partial charge in [-0.25, -0.2) is 0 Å². The van der Waals surface area contributed by atoms with E-state index in [4.69, 9.17) is 0 Å². The molecular formula is C8H18LaN. The zero-order valence-corrected chi connectivity index (χ0v) is 11.2. The Kier molecular flexibility index (Phi) is 9.39. The van der Waals surface area contributed by atoms with Gasteiger partial charge in [0.2, 0.25) is 0 Å². The molecule has 0 aliphatic rings. The van der Waals surface area contributed by atoms with Crippen molar-refractivity contribution in [3.05, 3.63) is 6.92 Å². The van der Waals surface area contributed by atoms with Gasteiger partial charge < -0.3 is 0 Å². The molecule has 0 fully saturated rings. The van der Waals surface area contributed by atoms with Gasteiger partial charge in [-0.05, 0) is 41.2 Å². The molecule has 58 valence electrons. The molecule has 0 spiro atoms. The summed E-state index contributed by atoms with van der Waals surface area (Å²) in [6, 6.07) is 1.25. The number of hydrogen-bond donors (Lipinski definition) is 0. The third-order valence-corrected chi connectivity index (χ3v) is 1.58. The number of nitrogens with zero attached hydrogens (tertiary/aromatic N) is 1. The van der Waals surface area contributed by atoms with Gasteiger partial charge in [0.25, 0.3) is 0 Å². The van der Waals surface area contributed by atoms with Crippen molar-refractivity contribution >= 4 is 0 Å². The molecule has 2 heteroatoms. The normalized spacial score (nSPS) is 10.8. The maximum atomic E-state index is 3.85. The smallest absolute Gasteiger partial charge is 0.00412 e. The third-order valence-electron chi connectivity index (χ3n) is 1.58. The van der Waals surface area contributed by atoms with Crippen LogP contribution in [0.4, 0.5) is 0 Å². The molecule has 0 aliphatic heterocycles. The quantitative estimate of drug-likeness (QED) is 0.755. The largest absolute Gasteiger partial charge is 0.299 e. The topological polar surface area (TPSA) is 3.24 Å². The summed E-state index contributed by atoms with van der Waals surface area (Å²) in [6.07, 6.45) is 0. The predicted molar refractivity (Wildman–Crippen MR) is 42.3 cm³/mol. The summed E-state index contributed by atoms with van der Waals surface area (Å²) in [4.78, 5) is 2.35. The minimum Gasteiger partial charge on any atom is -0.299 e. The second-order valence-electron chi connectivity index (χ2n) is 2.93. The second-order valence-corrected chi connectivity index (χ2v) is 2.93. The monoisotopic (exact) mass is 267 g/mol. The van der Waals surface area contributed by atoms with Crippen molar-refractivity contribution in [3.63, 3.8) is 0 Å². The molecule has 0 atom stereocenters. The summed E-state index contributed by atoms with van der Waals surface area (Å²) in [5.74, 6) is 0. The van der Waals surface area contributed by atoms with Crippen molar-refractivity contribution in [2.75, 3.05) is 6.54 Å². The predicted octanol–water partition coefficient (Wildman–Crippen LogP) is 1.94. The molecule has 0 heterocycles. The molecule has 0 bridgehead atoms. The third kappa shape index (κ3) is 4.89.